The van der Waals surface area contributed by atoms with Gasteiger partial charge in [0.1, 0.15) is 12.1 Å². The Balaban J connectivity index is 1.31. The summed E-state index contributed by atoms with van der Waals surface area (Å²) in [5.74, 6) is 2.74. The van der Waals surface area contributed by atoms with E-state index >= 15 is 0 Å². The largest absolute Gasteiger partial charge is 0.493 e. The Morgan fingerprint density at radius 1 is 0.914 bits per heavy atom. The number of benzene rings is 3. The van der Waals surface area contributed by atoms with E-state index in [4.69, 9.17) is 9.47 Å². The molecule has 6 heteroatoms. The molecule has 1 saturated heterocycles. The number of methoxy groups -OCH3 is 1. The Morgan fingerprint density at radius 2 is 1.66 bits per heavy atom. The lowest BCUT2D eigenvalue weighted by Crippen LogP contribution is -2.32. The van der Waals surface area contributed by atoms with E-state index in [0.29, 0.717) is 18.3 Å². The monoisotopic (exact) mass is 468 g/mol. The number of likely N-dealkylation sites (tertiary alicyclic amines) is 1. The Morgan fingerprint density at radius 3 is 2.40 bits per heavy atom. The number of ether oxygens (including phenoxy) is 2. The second-order valence-corrected chi connectivity index (χ2v) is 9.28. The van der Waals surface area contributed by atoms with Crippen LogP contribution in [0.4, 0.5) is 11.5 Å². The van der Waals surface area contributed by atoms with Crippen molar-refractivity contribution in [1.82, 2.24) is 14.9 Å². The molecule has 1 N–H and O–H groups in total. The number of fused-ring (bicyclic) bond motifs is 1. The highest BCUT2D eigenvalue weighted by molar-refractivity contribution is 5.93. The maximum absolute atomic E-state index is 6.21. The number of nitrogens with zero attached hydrogens (tertiary/aromatic N) is 3. The molecule has 3 aromatic carbocycles. The maximum atomic E-state index is 6.21. The molecule has 6 nitrogen and oxygen atoms in total. The molecular formula is C29H32N4O2. The van der Waals surface area contributed by atoms with Crippen molar-refractivity contribution in [2.45, 2.75) is 19.3 Å². The van der Waals surface area contributed by atoms with Crippen molar-refractivity contribution in [2.24, 2.45) is 5.92 Å². The van der Waals surface area contributed by atoms with E-state index in [2.05, 4.69) is 75.8 Å². The number of anilines is 2. The summed E-state index contributed by atoms with van der Waals surface area (Å²) >= 11 is 0. The molecule has 4 aromatic rings. The summed E-state index contributed by atoms with van der Waals surface area (Å²) in [6.45, 7) is 2.94. The molecule has 0 unspecified atom stereocenters. The topological polar surface area (TPSA) is 59.5 Å². The average molecular weight is 469 g/mol. The molecule has 0 bridgehead atoms. The standard InChI is InChI=1S/C29H32N4O2/c1-33-14-12-23(13-15-33)19-35-28-18-26-25(17-27(28)34-2)29(31-20-30-26)32-24-10-8-22(9-11-24)16-21-6-4-3-5-7-21/h3-11,17-18,20,23H,12-16,19H2,1-2H3,(H,30,31,32). The Labute approximate surface area is 206 Å². The molecule has 0 saturated carbocycles. The summed E-state index contributed by atoms with van der Waals surface area (Å²) in [6.07, 6.45) is 4.82. The number of rotatable bonds is 8. The molecule has 1 fully saturated rings. The van der Waals surface area contributed by atoms with Gasteiger partial charge < -0.3 is 19.7 Å². The second-order valence-electron chi connectivity index (χ2n) is 9.28. The lowest BCUT2D eigenvalue weighted by atomic mass is 9.98. The molecular weight excluding hydrogens is 436 g/mol. The summed E-state index contributed by atoms with van der Waals surface area (Å²) in [4.78, 5) is 11.4. The van der Waals surface area contributed by atoms with E-state index in [1.165, 1.54) is 11.1 Å². The number of nitrogens with one attached hydrogen (secondary N) is 1. The smallest absolute Gasteiger partial charge is 0.163 e. The first-order chi connectivity index (χ1) is 17.2. The first kappa shape index (κ1) is 23.1. The van der Waals surface area contributed by atoms with Gasteiger partial charge in [-0.3, -0.25) is 0 Å². The van der Waals surface area contributed by atoms with Crippen molar-refractivity contribution in [3.05, 3.63) is 84.2 Å². The minimum Gasteiger partial charge on any atom is -0.493 e. The van der Waals surface area contributed by atoms with Gasteiger partial charge in [0, 0.05) is 17.1 Å². The van der Waals surface area contributed by atoms with Crippen LogP contribution in [-0.2, 0) is 6.42 Å². The minimum absolute atomic E-state index is 0.569. The molecule has 35 heavy (non-hydrogen) atoms. The van der Waals surface area contributed by atoms with E-state index in [0.717, 1.165) is 60.5 Å². The normalized spacial score (nSPS) is 14.7. The molecule has 0 aliphatic carbocycles. The molecule has 5 rings (SSSR count). The van der Waals surface area contributed by atoms with Crippen molar-refractivity contribution in [1.29, 1.82) is 0 Å². The fraction of sp³-hybridized carbons (Fsp3) is 0.310. The molecule has 1 aromatic heterocycles. The lowest BCUT2D eigenvalue weighted by Gasteiger charge is -2.28. The number of aromatic nitrogens is 2. The van der Waals surface area contributed by atoms with Crippen molar-refractivity contribution < 1.29 is 9.47 Å². The third-order valence-corrected chi connectivity index (χ3v) is 6.70. The van der Waals surface area contributed by atoms with Gasteiger partial charge in [-0.1, -0.05) is 42.5 Å². The van der Waals surface area contributed by atoms with Gasteiger partial charge in [0.15, 0.2) is 11.5 Å². The second kappa shape index (κ2) is 10.7. The third-order valence-electron chi connectivity index (χ3n) is 6.70. The van der Waals surface area contributed by atoms with Gasteiger partial charge in [0.25, 0.3) is 0 Å². The van der Waals surface area contributed by atoms with Crippen LogP contribution in [0.3, 0.4) is 0 Å². The molecule has 180 valence electrons. The van der Waals surface area contributed by atoms with Gasteiger partial charge in [-0.05, 0) is 74.6 Å². The summed E-state index contributed by atoms with van der Waals surface area (Å²) in [5.41, 5.74) is 4.36. The highest BCUT2D eigenvalue weighted by Gasteiger charge is 2.19. The predicted molar refractivity (Wildman–Crippen MR) is 141 cm³/mol. The summed E-state index contributed by atoms with van der Waals surface area (Å²) in [5, 5.41) is 4.34. The Kier molecular flexibility index (Phi) is 7.09. The molecule has 0 atom stereocenters. The summed E-state index contributed by atoms with van der Waals surface area (Å²) in [7, 11) is 3.85. The van der Waals surface area contributed by atoms with Gasteiger partial charge in [-0.25, -0.2) is 9.97 Å². The molecule has 2 heterocycles. The highest BCUT2D eigenvalue weighted by Crippen LogP contribution is 2.35. The molecule has 0 radical (unpaired) electrons. The van der Waals surface area contributed by atoms with Crippen LogP contribution in [0.5, 0.6) is 11.5 Å². The van der Waals surface area contributed by atoms with E-state index < -0.39 is 0 Å². The van der Waals surface area contributed by atoms with Crippen molar-refractivity contribution in [3.8, 4) is 11.5 Å². The van der Waals surface area contributed by atoms with E-state index in [9.17, 15) is 0 Å². The van der Waals surface area contributed by atoms with Gasteiger partial charge in [-0.2, -0.15) is 0 Å². The summed E-state index contributed by atoms with van der Waals surface area (Å²) < 4.78 is 11.9. The number of hydrogen-bond acceptors (Lipinski definition) is 6. The zero-order chi connectivity index (χ0) is 24.0. The van der Waals surface area contributed by atoms with E-state index in [1.807, 2.05) is 18.2 Å². The quantitative estimate of drug-likeness (QED) is 0.358. The van der Waals surface area contributed by atoms with Crippen LogP contribution in [-0.4, -0.2) is 48.7 Å². The third kappa shape index (κ3) is 5.72. The van der Waals surface area contributed by atoms with Crippen molar-refractivity contribution in [3.63, 3.8) is 0 Å². The zero-order valence-electron chi connectivity index (χ0n) is 20.4. The van der Waals surface area contributed by atoms with Crippen molar-refractivity contribution >= 4 is 22.4 Å². The number of piperidine rings is 1. The molecule has 0 spiro atoms. The van der Waals surface area contributed by atoms with Crippen LogP contribution in [0.1, 0.15) is 24.0 Å². The first-order valence-corrected chi connectivity index (χ1v) is 12.2. The Hall–Kier alpha value is -3.64. The van der Waals surface area contributed by atoms with Gasteiger partial charge >= 0.3 is 0 Å². The molecule has 1 aliphatic heterocycles. The van der Waals surface area contributed by atoms with Gasteiger partial charge in [-0.15, -0.1) is 0 Å². The fourth-order valence-corrected chi connectivity index (χ4v) is 4.55. The van der Waals surface area contributed by atoms with Gasteiger partial charge in [0.2, 0.25) is 0 Å². The minimum atomic E-state index is 0.569. The molecule has 1 aliphatic rings. The van der Waals surface area contributed by atoms with Crippen LogP contribution in [0.15, 0.2) is 73.1 Å². The first-order valence-electron chi connectivity index (χ1n) is 12.2. The van der Waals surface area contributed by atoms with Crippen LogP contribution < -0.4 is 14.8 Å². The molecule has 0 amide bonds. The predicted octanol–water partition coefficient (Wildman–Crippen LogP) is 5.69. The maximum Gasteiger partial charge on any atom is 0.163 e. The van der Waals surface area contributed by atoms with E-state index in [-0.39, 0.29) is 0 Å². The van der Waals surface area contributed by atoms with Crippen LogP contribution in [0.25, 0.3) is 10.9 Å². The average Bonchev–Trinajstić information content (AvgIpc) is 2.90. The number of hydrogen-bond donors (Lipinski definition) is 1. The van der Waals surface area contributed by atoms with Crippen LogP contribution in [0.2, 0.25) is 0 Å². The fourth-order valence-electron chi connectivity index (χ4n) is 4.55. The highest BCUT2D eigenvalue weighted by atomic mass is 16.5. The Bertz CT molecular complexity index is 1250. The van der Waals surface area contributed by atoms with Crippen LogP contribution >= 0.6 is 0 Å². The zero-order valence-corrected chi connectivity index (χ0v) is 20.4. The summed E-state index contributed by atoms with van der Waals surface area (Å²) in [6, 6.07) is 22.9. The SMILES string of the molecule is COc1cc2c(Nc3ccc(Cc4ccccc4)cc3)ncnc2cc1OCC1CCN(C)CC1. The van der Waals surface area contributed by atoms with Crippen molar-refractivity contribution in [2.75, 3.05) is 39.2 Å². The van der Waals surface area contributed by atoms with Gasteiger partial charge in [0.05, 0.1) is 19.2 Å². The van der Waals surface area contributed by atoms with E-state index in [1.54, 1.807) is 13.4 Å². The van der Waals surface area contributed by atoms with Crippen LogP contribution in [0, 0.1) is 5.92 Å². The lowest BCUT2D eigenvalue weighted by molar-refractivity contribution is 0.157.